The van der Waals surface area contributed by atoms with E-state index in [1.54, 1.807) is 104 Å². The minimum Gasteiger partial charge on any atom is -0.351 e. The van der Waals surface area contributed by atoms with Crippen LogP contribution in [0.25, 0.3) is 0 Å². The molecule has 6 rings (SSSR count). The molecule has 0 unspecified atom stereocenters. The van der Waals surface area contributed by atoms with Gasteiger partial charge in [-0.2, -0.15) is 5.10 Å². The van der Waals surface area contributed by atoms with Gasteiger partial charge in [0.2, 0.25) is 0 Å². The van der Waals surface area contributed by atoms with Crippen molar-refractivity contribution in [1.82, 2.24) is 50.1 Å². The molecule has 0 saturated carbocycles. The van der Waals surface area contributed by atoms with Gasteiger partial charge in [-0.15, -0.1) is 11.3 Å². The Kier molecular flexibility index (Phi) is 18.2. The monoisotopic (exact) mass is 448 g/mol. The zero-order valence-electron chi connectivity index (χ0n) is 17.2. The SMILES string of the molecule is c1c[nH]cn1.c1c[nH]cn1.c1ccncc1.c1cn[nH]c1.c1cncnc1.c1cscn1. The van der Waals surface area contributed by atoms with Crippen LogP contribution in [0.2, 0.25) is 0 Å². The van der Waals surface area contributed by atoms with Crippen LogP contribution in [0.5, 0.6) is 0 Å². The Hall–Kier alpha value is -4.51. The van der Waals surface area contributed by atoms with Crippen molar-refractivity contribution in [2.45, 2.75) is 0 Å². The third-order valence-electron chi connectivity index (χ3n) is 2.61. The summed E-state index contributed by atoms with van der Waals surface area (Å²) in [6, 6.07) is 9.33. The number of aromatic nitrogens is 10. The van der Waals surface area contributed by atoms with E-state index in [1.807, 2.05) is 29.6 Å². The third-order valence-corrected chi connectivity index (χ3v) is 3.13. The van der Waals surface area contributed by atoms with Gasteiger partial charge in [-0.25, -0.2) is 19.9 Å². The molecule has 0 atom stereocenters. The van der Waals surface area contributed by atoms with Gasteiger partial charge in [0.25, 0.3) is 0 Å². The first-order chi connectivity index (χ1) is 16.0. The minimum absolute atomic E-state index is 1.50. The summed E-state index contributed by atoms with van der Waals surface area (Å²) in [6.07, 6.45) is 23.8. The Bertz CT molecular complexity index is 701. The summed E-state index contributed by atoms with van der Waals surface area (Å²) in [5.74, 6) is 0. The van der Waals surface area contributed by atoms with Crippen molar-refractivity contribution in [2.24, 2.45) is 0 Å². The maximum absolute atomic E-state index is 3.78. The number of nitrogens with one attached hydrogen (secondary N) is 3. The fourth-order valence-corrected chi connectivity index (χ4v) is 1.74. The molecule has 6 aromatic rings. The molecular formula is C21H24N10S. The number of hydrogen-bond donors (Lipinski definition) is 3. The predicted molar refractivity (Wildman–Crippen MR) is 124 cm³/mol. The normalized spacial score (nSPS) is 8.00. The molecule has 0 aliphatic rings. The van der Waals surface area contributed by atoms with E-state index in [-0.39, 0.29) is 0 Å². The Morgan fingerprint density at radius 3 is 1.34 bits per heavy atom. The number of pyridine rings is 1. The van der Waals surface area contributed by atoms with E-state index in [9.17, 15) is 0 Å². The average Bonchev–Trinajstić information content (AvgIpc) is 3.73. The standard InChI is InChI=1S/C5H5N.C4H4N2.3C3H4N2.C3H3NS/c1-2-4-6-5-3-1;1-2-5-4-6-3-1;2*1-2-5-3-4-1;1-2-4-5-3-1;1-2-5-3-4-1/h1-5H;1-4H;3*1-3H,(H,4,5);1-3H. The third kappa shape index (κ3) is 20.2. The fraction of sp³-hybridized carbons (Fsp3) is 0. The van der Waals surface area contributed by atoms with Crippen LogP contribution in [0.3, 0.4) is 0 Å². The highest BCUT2D eigenvalue weighted by molar-refractivity contribution is 7.07. The zero-order chi connectivity index (χ0) is 22.6. The largest absolute Gasteiger partial charge is 0.351 e. The fourth-order valence-electron chi connectivity index (χ4n) is 1.39. The molecule has 0 aliphatic carbocycles. The lowest BCUT2D eigenvalue weighted by atomic mass is 10.5. The van der Waals surface area contributed by atoms with Crippen LogP contribution >= 0.6 is 11.3 Å². The molecule has 0 amide bonds. The highest BCUT2D eigenvalue weighted by atomic mass is 32.1. The van der Waals surface area contributed by atoms with Gasteiger partial charge < -0.3 is 9.97 Å². The van der Waals surface area contributed by atoms with Crippen molar-refractivity contribution >= 4 is 11.3 Å². The maximum atomic E-state index is 3.78. The van der Waals surface area contributed by atoms with E-state index in [4.69, 9.17) is 0 Å². The van der Waals surface area contributed by atoms with Gasteiger partial charge in [0.05, 0.1) is 18.2 Å². The van der Waals surface area contributed by atoms with Gasteiger partial charge in [-0.05, 0) is 24.3 Å². The summed E-state index contributed by atoms with van der Waals surface area (Å²) in [5, 5.41) is 8.14. The summed E-state index contributed by atoms with van der Waals surface area (Å²) in [6.45, 7) is 0. The van der Waals surface area contributed by atoms with E-state index in [2.05, 4.69) is 50.1 Å². The summed E-state index contributed by atoms with van der Waals surface area (Å²) in [7, 11) is 0. The van der Waals surface area contributed by atoms with Gasteiger partial charge in [0.15, 0.2) is 0 Å². The second kappa shape index (κ2) is 22.8. The number of imidazole rings is 2. The number of rotatable bonds is 0. The second-order valence-corrected chi connectivity index (χ2v) is 5.65. The van der Waals surface area contributed by atoms with E-state index in [1.165, 1.54) is 6.33 Å². The maximum Gasteiger partial charge on any atom is 0.115 e. The molecule has 0 saturated heterocycles. The van der Waals surface area contributed by atoms with Gasteiger partial charge in [0, 0.05) is 73.5 Å². The summed E-state index contributed by atoms with van der Waals surface area (Å²) in [5.41, 5.74) is 1.79. The van der Waals surface area contributed by atoms with Gasteiger partial charge in [-0.3, -0.25) is 15.1 Å². The molecule has 0 aromatic carbocycles. The summed E-state index contributed by atoms with van der Waals surface area (Å²) >= 11 is 1.60. The van der Waals surface area contributed by atoms with E-state index in [0.29, 0.717) is 0 Å². The van der Waals surface area contributed by atoms with E-state index < -0.39 is 0 Å². The molecule has 164 valence electrons. The van der Waals surface area contributed by atoms with Crippen LogP contribution in [0.1, 0.15) is 0 Å². The smallest absolute Gasteiger partial charge is 0.115 e. The zero-order valence-corrected chi connectivity index (χ0v) is 18.0. The van der Waals surface area contributed by atoms with Crippen LogP contribution < -0.4 is 0 Å². The summed E-state index contributed by atoms with van der Waals surface area (Å²) in [4.78, 5) is 27.7. The molecule has 0 bridgehead atoms. The molecule has 0 radical (unpaired) electrons. The number of aromatic amines is 3. The Morgan fingerprint density at radius 2 is 1.19 bits per heavy atom. The number of thiazole rings is 1. The molecule has 0 spiro atoms. The van der Waals surface area contributed by atoms with Gasteiger partial charge in [0.1, 0.15) is 6.33 Å². The molecule has 0 aliphatic heterocycles. The van der Waals surface area contributed by atoms with Crippen LogP contribution in [0.15, 0.2) is 128 Å². The molecular weight excluding hydrogens is 424 g/mol. The lowest BCUT2D eigenvalue weighted by molar-refractivity contribution is 1.09. The van der Waals surface area contributed by atoms with E-state index in [0.717, 1.165) is 0 Å². The number of nitrogens with zero attached hydrogens (tertiary/aromatic N) is 7. The van der Waals surface area contributed by atoms with Crippen molar-refractivity contribution in [3.05, 3.63) is 128 Å². The molecule has 11 heteroatoms. The first kappa shape index (κ1) is 25.5. The van der Waals surface area contributed by atoms with Crippen molar-refractivity contribution < 1.29 is 0 Å². The summed E-state index contributed by atoms with van der Waals surface area (Å²) < 4.78 is 0. The topological polar surface area (TPSA) is 138 Å². The molecule has 0 fully saturated rings. The average molecular weight is 449 g/mol. The Labute approximate surface area is 190 Å². The number of hydrogen-bond acceptors (Lipinski definition) is 8. The first-order valence-electron chi connectivity index (χ1n) is 9.16. The molecule has 10 nitrogen and oxygen atoms in total. The highest BCUT2D eigenvalue weighted by Gasteiger charge is 1.60. The van der Waals surface area contributed by atoms with Crippen molar-refractivity contribution in [3.8, 4) is 0 Å². The van der Waals surface area contributed by atoms with Crippen LogP contribution in [0.4, 0.5) is 0 Å². The Morgan fingerprint density at radius 1 is 0.500 bits per heavy atom. The van der Waals surface area contributed by atoms with Crippen LogP contribution in [-0.4, -0.2) is 50.1 Å². The van der Waals surface area contributed by atoms with Gasteiger partial charge in [-0.1, -0.05) is 6.07 Å². The lowest BCUT2D eigenvalue weighted by Gasteiger charge is -1.70. The number of H-pyrrole nitrogens is 3. The van der Waals surface area contributed by atoms with Crippen molar-refractivity contribution in [3.63, 3.8) is 0 Å². The van der Waals surface area contributed by atoms with Crippen LogP contribution in [-0.2, 0) is 0 Å². The quantitative estimate of drug-likeness (QED) is 0.320. The molecule has 6 aromatic heterocycles. The second-order valence-electron chi connectivity index (χ2n) is 4.89. The predicted octanol–water partition coefficient (Wildman–Crippen LogP) is 3.93. The van der Waals surface area contributed by atoms with Crippen LogP contribution in [0, 0.1) is 0 Å². The lowest BCUT2D eigenvalue weighted by Crippen LogP contribution is -1.66. The first-order valence-corrected chi connectivity index (χ1v) is 10.1. The van der Waals surface area contributed by atoms with Crippen molar-refractivity contribution in [2.75, 3.05) is 0 Å². The highest BCUT2D eigenvalue weighted by Crippen LogP contribution is 1.86. The molecule has 32 heavy (non-hydrogen) atoms. The van der Waals surface area contributed by atoms with Gasteiger partial charge >= 0.3 is 0 Å². The molecule has 6 heterocycles. The Balaban J connectivity index is 0.000000192. The van der Waals surface area contributed by atoms with Crippen molar-refractivity contribution in [1.29, 1.82) is 0 Å². The minimum atomic E-state index is 1.50. The van der Waals surface area contributed by atoms with E-state index >= 15 is 0 Å². The molecule has 3 N–H and O–H groups in total.